The van der Waals surface area contributed by atoms with Crippen molar-refractivity contribution in [2.24, 2.45) is 0 Å². The van der Waals surface area contributed by atoms with Crippen molar-refractivity contribution in [2.75, 3.05) is 0 Å². The summed E-state index contributed by atoms with van der Waals surface area (Å²) in [5, 5.41) is 0.827. The minimum Gasteiger partial charge on any atom is -0.0843 e. The van der Waals surface area contributed by atoms with Crippen LogP contribution in [-0.2, 0) is 10.8 Å². The molecule has 0 unspecified atom stereocenters. The van der Waals surface area contributed by atoms with Crippen LogP contribution in [0.25, 0.3) is 0 Å². The van der Waals surface area contributed by atoms with Crippen molar-refractivity contribution in [3.8, 4) is 0 Å². The molecule has 1 rings (SSSR count). The summed E-state index contributed by atoms with van der Waals surface area (Å²) < 4.78 is 0. The van der Waals surface area contributed by atoms with Crippen molar-refractivity contribution in [3.05, 3.63) is 34.3 Å². The predicted octanol–water partition coefficient (Wildman–Crippen LogP) is 6.21. The van der Waals surface area contributed by atoms with Crippen LogP contribution in [0.1, 0.15) is 67.5 Å². The van der Waals surface area contributed by atoms with E-state index in [4.69, 9.17) is 11.6 Å². The second-order valence-electron chi connectivity index (χ2n) is 6.19. The summed E-state index contributed by atoms with van der Waals surface area (Å²) in [6, 6.07) is 6.24. The number of rotatable bonds is 0. The maximum atomic E-state index is 6.07. The van der Waals surface area contributed by atoms with E-state index in [1.165, 1.54) is 11.1 Å². The van der Waals surface area contributed by atoms with Gasteiger partial charge in [-0.3, -0.25) is 0 Å². The van der Waals surface area contributed by atoms with Gasteiger partial charge in [0.05, 0.1) is 0 Å². The molecule has 1 aromatic rings. The zero-order valence-electron chi connectivity index (χ0n) is 10.6. The zero-order valence-corrected chi connectivity index (χ0v) is 11.4. The van der Waals surface area contributed by atoms with E-state index in [1.807, 2.05) is 6.07 Å². The van der Waals surface area contributed by atoms with E-state index < -0.39 is 0 Å². The third-order valence-electron chi connectivity index (χ3n) is 2.60. The van der Waals surface area contributed by atoms with Crippen molar-refractivity contribution < 1.29 is 0 Å². The van der Waals surface area contributed by atoms with Gasteiger partial charge in [-0.25, -0.2) is 0 Å². The van der Waals surface area contributed by atoms with Crippen molar-refractivity contribution in [1.82, 2.24) is 0 Å². The zero-order chi connectivity index (χ0) is 11.9. The van der Waals surface area contributed by atoms with Crippen LogP contribution in [0, 0.1) is 0 Å². The van der Waals surface area contributed by atoms with E-state index in [2.05, 4.69) is 53.7 Å². The first kappa shape index (κ1) is 18.9. The van der Waals surface area contributed by atoms with Crippen LogP contribution in [0.4, 0.5) is 0 Å². The second kappa shape index (κ2) is 5.91. The Morgan fingerprint density at radius 2 is 1.18 bits per heavy atom. The lowest BCUT2D eigenvalue weighted by atomic mass is 9.75. The van der Waals surface area contributed by atoms with Gasteiger partial charge in [-0.15, -0.1) is 0 Å². The largest absolute Gasteiger partial charge is 0.0843 e. The van der Waals surface area contributed by atoms with E-state index in [9.17, 15) is 0 Å². The predicted molar refractivity (Wildman–Crippen MR) is 82.3 cm³/mol. The molecule has 0 saturated carbocycles. The van der Waals surface area contributed by atoms with Gasteiger partial charge in [-0.2, -0.15) is 0 Å². The molecule has 0 spiro atoms. The van der Waals surface area contributed by atoms with Crippen molar-refractivity contribution in [2.45, 2.75) is 67.2 Å². The third-order valence-corrected chi connectivity index (χ3v) is 2.83. The van der Waals surface area contributed by atoms with Gasteiger partial charge in [0.15, 0.2) is 0 Å². The first-order valence-electron chi connectivity index (χ1n) is 5.43. The molecule has 0 aliphatic heterocycles. The summed E-state index contributed by atoms with van der Waals surface area (Å²) in [7, 11) is 0. The van der Waals surface area contributed by atoms with Crippen LogP contribution < -0.4 is 0 Å². The highest BCUT2D eigenvalue weighted by molar-refractivity contribution is 6.30. The molecule has 0 nitrogen and oxygen atoms in total. The Hall–Kier alpha value is -0.490. The summed E-state index contributed by atoms with van der Waals surface area (Å²) in [4.78, 5) is 0. The molecule has 0 N–H and O–H groups in total. The molecule has 0 saturated heterocycles. The van der Waals surface area contributed by atoms with Gasteiger partial charge < -0.3 is 0 Å². The lowest BCUT2D eigenvalue weighted by Gasteiger charge is -2.30. The molecule has 0 bridgehead atoms. The maximum absolute atomic E-state index is 6.07. The lowest BCUT2D eigenvalue weighted by molar-refractivity contribution is 0.530. The van der Waals surface area contributed by atoms with Gasteiger partial charge in [-0.05, 0) is 34.1 Å². The number of benzene rings is 1. The average molecular weight is 257 g/mol. The summed E-state index contributed by atoms with van der Waals surface area (Å²) in [5.41, 5.74) is 3.06. The van der Waals surface area contributed by atoms with E-state index in [1.54, 1.807) is 0 Å². The monoisotopic (exact) mass is 256 g/mol. The summed E-state index contributed by atoms with van der Waals surface area (Å²) in [5.74, 6) is 0. The van der Waals surface area contributed by atoms with Crippen molar-refractivity contribution in [3.63, 3.8) is 0 Å². The number of halogens is 1. The highest BCUT2D eigenvalue weighted by Gasteiger charge is 2.24. The average Bonchev–Trinajstić information content (AvgIpc) is 2.00. The first-order chi connectivity index (χ1) is 6.62. The molecule has 1 heteroatoms. The van der Waals surface area contributed by atoms with Gasteiger partial charge in [0, 0.05) is 5.02 Å². The van der Waals surface area contributed by atoms with Crippen LogP contribution in [-0.4, -0.2) is 0 Å². The van der Waals surface area contributed by atoms with Crippen LogP contribution in [0.5, 0.6) is 0 Å². The first-order valence-corrected chi connectivity index (χ1v) is 5.80. The fraction of sp³-hybridized carbons (Fsp3) is 0.625. The number of hydrogen-bond donors (Lipinski definition) is 0. The molecule has 0 heterocycles. The van der Waals surface area contributed by atoms with Crippen LogP contribution in [0.2, 0.25) is 5.02 Å². The minimum absolute atomic E-state index is 0. The fourth-order valence-electron chi connectivity index (χ4n) is 1.79. The van der Waals surface area contributed by atoms with E-state index in [0.29, 0.717) is 0 Å². The molecule has 0 aromatic heterocycles. The Kier molecular flexibility index (Phi) is 6.56. The van der Waals surface area contributed by atoms with Crippen LogP contribution in [0.3, 0.4) is 0 Å². The molecule has 17 heavy (non-hydrogen) atoms. The van der Waals surface area contributed by atoms with Gasteiger partial charge >= 0.3 is 0 Å². The molecule has 0 amide bonds. The van der Waals surface area contributed by atoms with Gasteiger partial charge in [-0.1, -0.05) is 74.1 Å². The van der Waals surface area contributed by atoms with Crippen molar-refractivity contribution >= 4 is 11.6 Å². The van der Waals surface area contributed by atoms with E-state index >= 15 is 0 Å². The third kappa shape index (κ3) is 4.71. The number of hydrogen-bond acceptors (Lipinski definition) is 0. The Balaban J connectivity index is 0. The van der Waals surface area contributed by atoms with E-state index in [0.717, 1.165) is 5.02 Å². The lowest BCUT2D eigenvalue weighted by Crippen LogP contribution is -2.21. The Labute approximate surface area is 113 Å². The summed E-state index contributed by atoms with van der Waals surface area (Å²) >= 11 is 6.07. The van der Waals surface area contributed by atoms with Crippen LogP contribution >= 0.6 is 11.6 Å². The molecular formula is C16H29Cl. The summed E-state index contributed by atoms with van der Waals surface area (Å²) in [6.07, 6.45) is 0. The highest BCUT2D eigenvalue weighted by Crippen LogP contribution is 2.35. The molecule has 0 atom stereocenters. The van der Waals surface area contributed by atoms with Crippen LogP contribution in [0.15, 0.2) is 18.2 Å². The Morgan fingerprint density at radius 3 is 1.53 bits per heavy atom. The Bertz CT molecular complexity index is 351. The van der Waals surface area contributed by atoms with Gasteiger partial charge in [0.2, 0.25) is 0 Å². The standard InChI is InChI=1S/C14H21Cl.2CH4/c1-13(2,3)11-8-7-10(15)9-12(11)14(4,5)6;;/h7-9H,1-6H3;2*1H4. The molecule has 0 fully saturated rings. The van der Waals surface area contributed by atoms with Crippen molar-refractivity contribution in [1.29, 1.82) is 0 Å². The Morgan fingerprint density at radius 1 is 0.765 bits per heavy atom. The van der Waals surface area contributed by atoms with Gasteiger partial charge in [0.25, 0.3) is 0 Å². The fourth-order valence-corrected chi connectivity index (χ4v) is 1.96. The second-order valence-corrected chi connectivity index (χ2v) is 6.63. The smallest absolute Gasteiger partial charge is 0.0409 e. The quantitative estimate of drug-likeness (QED) is 0.518. The van der Waals surface area contributed by atoms with E-state index in [-0.39, 0.29) is 25.7 Å². The molecule has 1 aromatic carbocycles. The molecule has 0 aliphatic carbocycles. The normalized spacial score (nSPS) is 11.5. The SMILES string of the molecule is C.C.CC(C)(C)c1ccc(Cl)cc1C(C)(C)C. The molecule has 0 aliphatic rings. The molecule has 0 radical (unpaired) electrons. The topological polar surface area (TPSA) is 0 Å². The minimum atomic E-state index is 0. The molecule has 100 valence electrons. The summed E-state index contributed by atoms with van der Waals surface area (Å²) in [6.45, 7) is 13.4. The highest BCUT2D eigenvalue weighted by atomic mass is 35.5. The van der Waals surface area contributed by atoms with Gasteiger partial charge in [0.1, 0.15) is 0 Å². The maximum Gasteiger partial charge on any atom is 0.0409 e. The molecular weight excluding hydrogens is 228 g/mol.